The Bertz CT molecular complexity index is 551. The van der Waals surface area contributed by atoms with Gasteiger partial charge in [-0.3, -0.25) is 0 Å². The van der Waals surface area contributed by atoms with E-state index in [9.17, 15) is 0 Å². The van der Waals surface area contributed by atoms with Crippen LogP contribution in [0.25, 0.3) is 5.69 Å². The minimum absolute atomic E-state index is 0.214. The van der Waals surface area contributed by atoms with Crippen LogP contribution < -0.4 is 5.32 Å². The molecule has 20 heavy (non-hydrogen) atoms. The van der Waals surface area contributed by atoms with Crippen molar-refractivity contribution in [2.45, 2.75) is 32.9 Å². The Morgan fingerprint density at radius 1 is 1.35 bits per heavy atom. The van der Waals surface area contributed by atoms with Gasteiger partial charge in [-0.05, 0) is 44.5 Å². The Kier molecular flexibility index (Phi) is 5.34. The fraction of sp³-hybridized carbons (Fsp3) is 0.400. The summed E-state index contributed by atoms with van der Waals surface area (Å²) in [5, 5.41) is 16.8. The van der Waals surface area contributed by atoms with E-state index >= 15 is 0 Å². The number of aliphatic hydroxyl groups is 1. The Morgan fingerprint density at radius 2 is 2.05 bits per heavy atom. The molecule has 5 heteroatoms. The molecule has 0 saturated carbocycles. The first-order chi connectivity index (χ1) is 9.60. The molecule has 0 radical (unpaired) electrons. The van der Waals surface area contributed by atoms with Crippen LogP contribution in [-0.4, -0.2) is 27.5 Å². The number of benzene rings is 1. The second-order valence-corrected chi connectivity index (χ2v) is 5.87. The summed E-state index contributed by atoms with van der Waals surface area (Å²) in [4.78, 5) is 0. The predicted octanol–water partition coefficient (Wildman–Crippen LogP) is 2.80. The van der Waals surface area contributed by atoms with Gasteiger partial charge in [-0.25, -0.2) is 4.68 Å². The average Bonchev–Trinajstić information content (AvgIpc) is 2.79. The summed E-state index contributed by atoms with van der Waals surface area (Å²) in [7, 11) is 0. The maximum Gasteiger partial charge on any atom is 0.0646 e. The van der Waals surface area contributed by atoms with E-state index in [-0.39, 0.29) is 6.61 Å². The van der Waals surface area contributed by atoms with E-state index in [0.717, 1.165) is 28.8 Å². The molecule has 0 aliphatic carbocycles. The van der Waals surface area contributed by atoms with Gasteiger partial charge in [0.25, 0.3) is 0 Å². The molecular formula is C15H20BrN3O. The Hall–Kier alpha value is -1.17. The molecule has 4 nitrogen and oxygen atoms in total. The van der Waals surface area contributed by atoms with Gasteiger partial charge in [0.1, 0.15) is 0 Å². The summed E-state index contributed by atoms with van der Waals surface area (Å²) in [5.41, 5.74) is 3.25. The lowest BCUT2D eigenvalue weighted by Gasteiger charge is -2.11. The summed E-state index contributed by atoms with van der Waals surface area (Å²) in [6.07, 6.45) is 2.82. The zero-order chi connectivity index (χ0) is 14.5. The first-order valence-electron chi connectivity index (χ1n) is 6.75. The van der Waals surface area contributed by atoms with Crippen LogP contribution >= 0.6 is 15.9 Å². The highest BCUT2D eigenvalue weighted by Gasteiger charge is 2.08. The fourth-order valence-electron chi connectivity index (χ4n) is 1.98. The van der Waals surface area contributed by atoms with E-state index in [2.05, 4.69) is 39.5 Å². The molecule has 0 amide bonds. The van der Waals surface area contributed by atoms with Crippen LogP contribution in [0, 0.1) is 6.92 Å². The van der Waals surface area contributed by atoms with Crippen molar-refractivity contribution in [1.82, 2.24) is 15.1 Å². The molecule has 2 aromatic rings. The van der Waals surface area contributed by atoms with Crippen molar-refractivity contribution in [2.75, 3.05) is 6.61 Å². The lowest BCUT2D eigenvalue weighted by molar-refractivity contribution is 0.268. The van der Waals surface area contributed by atoms with Gasteiger partial charge >= 0.3 is 0 Å². The van der Waals surface area contributed by atoms with Crippen LogP contribution in [0.1, 0.15) is 24.6 Å². The zero-order valence-electron chi connectivity index (χ0n) is 11.8. The van der Waals surface area contributed by atoms with E-state index in [1.807, 2.05) is 35.9 Å². The van der Waals surface area contributed by atoms with Crippen LogP contribution in [0.2, 0.25) is 0 Å². The van der Waals surface area contributed by atoms with Gasteiger partial charge in [-0.15, -0.1) is 0 Å². The van der Waals surface area contributed by atoms with Gasteiger partial charge in [0.15, 0.2) is 0 Å². The van der Waals surface area contributed by atoms with Crippen molar-refractivity contribution in [3.63, 3.8) is 0 Å². The largest absolute Gasteiger partial charge is 0.396 e. The smallest absolute Gasteiger partial charge is 0.0646 e. The van der Waals surface area contributed by atoms with Crippen LogP contribution in [0.3, 0.4) is 0 Å². The molecule has 0 aliphatic rings. The molecule has 1 heterocycles. The number of nitrogens with one attached hydrogen (secondary N) is 1. The fourth-order valence-corrected chi connectivity index (χ4v) is 2.24. The summed E-state index contributed by atoms with van der Waals surface area (Å²) in [5.74, 6) is 0. The van der Waals surface area contributed by atoms with Crippen LogP contribution in [0.15, 0.2) is 34.9 Å². The van der Waals surface area contributed by atoms with Crippen molar-refractivity contribution >= 4 is 15.9 Å². The highest BCUT2D eigenvalue weighted by molar-refractivity contribution is 9.10. The molecule has 2 rings (SSSR count). The highest BCUT2D eigenvalue weighted by Crippen LogP contribution is 2.15. The van der Waals surface area contributed by atoms with Gasteiger partial charge in [-0.2, -0.15) is 5.10 Å². The number of halogens is 1. The molecule has 2 N–H and O–H groups in total. The molecule has 1 unspecified atom stereocenters. The summed E-state index contributed by atoms with van der Waals surface area (Å²) >= 11 is 3.43. The van der Waals surface area contributed by atoms with Crippen molar-refractivity contribution in [2.24, 2.45) is 0 Å². The third kappa shape index (κ3) is 3.91. The van der Waals surface area contributed by atoms with Gasteiger partial charge < -0.3 is 10.4 Å². The SMILES string of the molecule is Cc1nn(-c2ccc(Br)cc2)cc1CNC(C)CCO. The summed E-state index contributed by atoms with van der Waals surface area (Å²) in [6, 6.07) is 8.38. The molecule has 1 atom stereocenters. The number of rotatable bonds is 6. The molecule has 0 bridgehead atoms. The third-order valence-electron chi connectivity index (χ3n) is 3.29. The minimum atomic E-state index is 0.214. The topological polar surface area (TPSA) is 50.1 Å². The second kappa shape index (κ2) is 7.02. The predicted molar refractivity (Wildman–Crippen MR) is 84.0 cm³/mol. The number of hydrogen-bond donors (Lipinski definition) is 2. The monoisotopic (exact) mass is 337 g/mol. The van der Waals surface area contributed by atoms with Gasteiger partial charge in [-0.1, -0.05) is 15.9 Å². The van der Waals surface area contributed by atoms with E-state index in [1.54, 1.807) is 0 Å². The van der Waals surface area contributed by atoms with Gasteiger partial charge in [0.05, 0.1) is 11.4 Å². The van der Waals surface area contributed by atoms with E-state index in [1.165, 1.54) is 5.56 Å². The lowest BCUT2D eigenvalue weighted by atomic mass is 10.2. The zero-order valence-corrected chi connectivity index (χ0v) is 13.4. The number of nitrogens with zero attached hydrogens (tertiary/aromatic N) is 2. The maximum absolute atomic E-state index is 8.90. The van der Waals surface area contributed by atoms with Gasteiger partial charge in [0, 0.05) is 35.4 Å². The van der Waals surface area contributed by atoms with Crippen LogP contribution in [0.4, 0.5) is 0 Å². The standard InChI is InChI=1S/C15H20BrN3O/c1-11(7-8-20)17-9-13-10-19(18-12(13)2)15-5-3-14(16)4-6-15/h3-6,10-11,17,20H,7-9H2,1-2H3. The van der Waals surface area contributed by atoms with Crippen molar-refractivity contribution in [3.8, 4) is 5.69 Å². The van der Waals surface area contributed by atoms with E-state index < -0.39 is 0 Å². The normalized spacial score (nSPS) is 12.6. The second-order valence-electron chi connectivity index (χ2n) is 4.95. The van der Waals surface area contributed by atoms with E-state index in [0.29, 0.717) is 6.04 Å². The molecule has 0 spiro atoms. The van der Waals surface area contributed by atoms with E-state index in [4.69, 9.17) is 5.11 Å². The van der Waals surface area contributed by atoms with Crippen LogP contribution in [0.5, 0.6) is 0 Å². The Labute approximate surface area is 127 Å². The third-order valence-corrected chi connectivity index (χ3v) is 3.82. The summed E-state index contributed by atoms with van der Waals surface area (Å²) < 4.78 is 2.96. The molecular weight excluding hydrogens is 318 g/mol. The molecule has 0 aliphatic heterocycles. The molecule has 1 aromatic carbocycles. The number of aryl methyl sites for hydroxylation is 1. The van der Waals surface area contributed by atoms with Gasteiger partial charge in [0.2, 0.25) is 0 Å². The summed E-state index contributed by atoms with van der Waals surface area (Å²) in [6.45, 7) is 5.07. The van der Waals surface area contributed by atoms with Crippen molar-refractivity contribution in [3.05, 3.63) is 46.2 Å². The molecule has 0 fully saturated rings. The van der Waals surface area contributed by atoms with Crippen LogP contribution in [-0.2, 0) is 6.54 Å². The molecule has 108 valence electrons. The first kappa shape index (κ1) is 15.2. The first-order valence-corrected chi connectivity index (χ1v) is 7.55. The van der Waals surface area contributed by atoms with Crippen molar-refractivity contribution in [1.29, 1.82) is 0 Å². The quantitative estimate of drug-likeness (QED) is 0.852. The number of aliphatic hydroxyl groups excluding tert-OH is 1. The highest BCUT2D eigenvalue weighted by atomic mass is 79.9. The number of aromatic nitrogens is 2. The Balaban J connectivity index is 2.07. The average molecular weight is 338 g/mol. The Morgan fingerprint density at radius 3 is 2.70 bits per heavy atom. The maximum atomic E-state index is 8.90. The lowest BCUT2D eigenvalue weighted by Crippen LogP contribution is -2.26. The molecule has 0 saturated heterocycles. The minimum Gasteiger partial charge on any atom is -0.396 e. The van der Waals surface area contributed by atoms with Crippen molar-refractivity contribution < 1.29 is 5.11 Å². The molecule has 1 aromatic heterocycles. The number of hydrogen-bond acceptors (Lipinski definition) is 3.